The second-order valence-corrected chi connectivity index (χ2v) is 4.15. The molecule has 0 fully saturated rings. The van der Waals surface area contributed by atoms with Crippen LogP contribution in [0.3, 0.4) is 0 Å². The molecule has 0 aliphatic rings. The molecule has 0 amide bonds. The fourth-order valence-electron chi connectivity index (χ4n) is 1.96. The van der Waals surface area contributed by atoms with E-state index in [1.165, 1.54) is 23.0 Å². The lowest BCUT2D eigenvalue weighted by Gasteiger charge is -2.04. The van der Waals surface area contributed by atoms with Gasteiger partial charge in [0, 0.05) is 12.4 Å². The third kappa shape index (κ3) is 1.70. The van der Waals surface area contributed by atoms with Gasteiger partial charge < -0.3 is 0 Å². The molecule has 0 spiro atoms. The molecule has 96 valence electrons. The lowest BCUT2D eigenvalue weighted by atomic mass is 10.2. The number of benzene rings is 1. The number of hydrogen-bond acceptors (Lipinski definition) is 4. The molecule has 19 heavy (non-hydrogen) atoms. The van der Waals surface area contributed by atoms with Gasteiger partial charge in [0.05, 0.1) is 11.6 Å². The molecule has 0 saturated carbocycles. The normalized spacial score (nSPS) is 11.1. The fraction of sp³-hybridized carbons (Fsp3) is 0.167. The highest BCUT2D eigenvalue weighted by Crippen LogP contribution is 2.13. The first-order valence-corrected chi connectivity index (χ1v) is 5.62. The van der Waals surface area contributed by atoms with Crippen LogP contribution >= 0.6 is 0 Å². The van der Waals surface area contributed by atoms with E-state index in [-0.39, 0.29) is 10.8 Å². The maximum atomic E-state index is 13.6. The molecule has 0 atom stereocenters. The van der Waals surface area contributed by atoms with Crippen LogP contribution in [-0.2, 0) is 7.05 Å². The van der Waals surface area contributed by atoms with Crippen LogP contribution in [0.1, 0.15) is 5.82 Å². The predicted octanol–water partition coefficient (Wildman–Crippen LogP) is 0.962. The second-order valence-electron chi connectivity index (χ2n) is 4.15. The summed E-state index contributed by atoms with van der Waals surface area (Å²) < 4.78 is 16.1. The summed E-state index contributed by atoms with van der Waals surface area (Å²) in [5.41, 5.74) is -0.424. The highest BCUT2D eigenvalue weighted by molar-refractivity contribution is 5.81. The van der Waals surface area contributed by atoms with Crippen LogP contribution in [0.25, 0.3) is 16.7 Å². The van der Waals surface area contributed by atoms with Gasteiger partial charge in [0.2, 0.25) is 0 Å². The largest absolute Gasteiger partial charge is 0.282 e. The summed E-state index contributed by atoms with van der Waals surface area (Å²) in [7, 11) is 1.67. The summed E-state index contributed by atoms with van der Waals surface area (Å²) in [6, 6.07) is 4.34. The topological polar surface area (TPSA) is 65.6 Å². The van der Waals surface area contributed by atoms with Crippen molar-refractivity contribution in [2.45, 2.75) is 6.92 Å². The molecule has 1 aromatic carbocycles. The Kier molecular flexibility index (Phi) is 2.41. The molecule has 7 heteroatoms. The zero-order chi connectivity index (χ0) is 13.6. The van der Waals surface area contributed by atoms with E-state index in [1.807, 2.05) is 0 Å². The second kappa shape index (κ2) is 3.98. The lowest BCUT2D eigenvalue weighted by molar-refractivity contribution is 0.635. The number of aryl methyl sites for hydroxylation is 2. The molecular formula is C12H10FN5O. The third-order valence-corrected chi connectivity index (χ3v) is 2.81. The summed E-state index contributed by atoms with van der Waals surface area (Å²) in [6.45, 7) is 1.72. The number of aromatic nitrogens is 5. The first-order valence-electron chi connectivity index (χ1n) is 5.62. The molecule has 0 unspecified atom stereocenters. The Labute approximate surface area is 107 Å². The maximum Gasteiger partial charge on any atom is 0.282 e. The average molecular weight is 259 g/mol. The first kappa shape index (κ1) is 11.5. The molecule has 0 N–H and O–H groups in total. The summed E-state index contributed by atoms with van der Waals surface area (Å²) in [4.78, 5) is 16.4. The van der Waals surface area contributed by atoms with Gasteiger partial charge in [-0.25, -0.2) is 9.07 Å². The van der Waals surface area contributed by atoms with Crippen molar-refractivity contribution in [1.82, 2.24) is 24.5 Å². The van der Waals surface area contributed by atoms with E-state index in [0.29, 0.717) is 11.8 Å². The Morgan fingerprint density at radius 2 is 2.05 bits per heavy atom. The van der Waals surface area contributed by atoms with Crippen LogP contribution in [0.5, 0.6) is 0 Å². The van der Waals surface area contributed by atoms with Gasteiger partial charge in [0.25, 0.3) is 11.5 Å². The highest BCUT2D eigenvalue weighted by atomic mass is 19.1. The molecule has 2 aromatic heterocycles. The van der Waals surface area contributed by atoms with Gasteiger partial charge in [-0.05, 0) is 19.1 Å². The van der Waals surface area contributed by atoms with Crippen molar-refractivity contribution in [2.24, 2.45) is 7.05 Å². The molecule has 0 saturated heterocycles. The minimum atomic E-state index is -0.469. The van der Waals surface area contributed by atoms with Crippen molar-refractivity contribution in [3.05, 3.63) is 46.4 Å². The zero-order valence-electron chi connectivity index (χ0n) is 10.3. The number of halogens is 1. The Hall–Kier alpha value is -2.57. The molecule has 0 aliphatic carbocycles. The third-order valence-electron chi connectivity index (χ3n) is 2.81. The monoisotopic (exact) mass is 259 g/mol. The fourth-order valence-corrected chi connectivity index (χ4v) is 1.96. The standard InChI is InChI=1S/C12H10FN5O/c1-7-15-12(17(2)16-7)18-11(19)8-4-3-5-10(13)9(8)6-14-18/h3-6H,1-2H3. The van der Waals surface area contributed by atoms with E-state index < -0.39 is 11.4 Å². The van der Waals surface area contributed by atoms with Crippen molar-refractivity contribution in [2.75, 3.05) is 0 Å². The summed E-state index contributed by atoms with van der Waals surface area (Å²) in [5.74, 6) is 0.364. The van der Waals surface area contributed by atoms with Gasteiger partial charge in [-0.2, -0.15) is 19.9 Å². The van der Waals surface area contributed by atoms with Gasteiger partial charge >= 0.3 is 0 Å². The smallest absolute Gasteiger partial charge is 0.267 e. The molecule has 0 bridgehead atoms. The van der Waals surface area contributed by atoms with Crippen molar-refractivity contribution in [3.63, 3.8) is 0 Å². The van der Waals surface area contributed by atoms with Gasteiger partial charge in [-0.15, -0.1) is 0 Å². The average Bonchev–Trinajstić information content (AvgIpc) is 2.70. The molecule has 6 nitrogen and oxygen atoms in total. The van der Waals surface area contributed by atoms with Gasteiger partial charge in [0.15, 0.2) is 0 Å². The van der Waals surface area contributed by atoms with Crippen molar-refractivity contribution >= 4 is 10.8 Å². The molecule has 3 aromatic rings. The van der Waals surface area contributed by atoms with E-state index >= 15 is 0 Å². The van der Waals surface area contributed by atoms with Gasteiger partial charge in [-0.1, -0.05) is 6.07 Å². The van der Waals surface area contributed by atoms with Crippen LogP contribution in [-0.4, -0.2) is 24.5 Å². The lowest BCUT2D eigenvalue weighted by Crippen LogP contribution is -2.24. The number of hydrogen-bond donors (Lipinski definition) is 0. The molecule has 3 rings (SSSR count). The van der Waals surface area contributed by atoms with Crippen molar-refractivity contribution in [3.8, 4) is 5.95 Å². The quantitative estimate of drug-likeness (QED) is 0.653. The minimum Gasteiger partial charge on any atom is -0.267 e. The van der Waals surface area contributed by atoms with Crippen molar-refractivity contribution in [1.29, 1.82) is 0 Å². The van der Waals surface area contributed by atoms with E-state index in [1.54, 1.807) is 20.0 Å². The van der Waals surface area contributed by atoms with E-state index in [0.717, 1.165) is 4.68 Å². The van der Waals surface area contributed by atoms with Gasteiger partial charge in [0.1, 0.15) is 11.6 Å². The Balaban J connectivity index is 2.36. The van der Waals surface area contributed by atoms with Gasteiger partial charge in [-0.3, -0.25) is 4.79 Å². The van der Waals surface area contributed by atoms with E-state index in [4.69, 9.17) is 0 Å². The predicted molar refractivity (Wildman–Crippen MR) is 66.6 cm³/mol. The molecule has 0 radical (unpaired) electrons. The summed E-state index contributed by atoms with van der Waals surface area (Å²) >= 11 is 0. The summed E-state index contributed by atoms with van der Waals surface area (Å²) in [5, 5.41) is 8.47. The first-order chi connectivity index (χ1) is 9.08. The number of rotatable bonds is 1. The van der Waals surface area contributed by atoms with E-state index in [2.05, 4.69) is 15.2 Å². The van der Waals surface area contributed by atoms with Crippen LogP contribution in [0, 0.1) is 12.7 Å². The van der Waals surface area contributed by atoms with E-state index in [9.17, 15) is 9.18 Å². The van der Waals surface area contributed by atoms with Crippen LogP contribution < -0.4 is 5.56 Å². The minimum absolute atomic E-state index is 0.197. The molecular weight excluding hydrogens is 249 g/mol. The zero-order valence-corrected chi connectivity index (χ0v) is 10.3. The number of nitrogens with zero attached hydrogens (tertiary/aromatic N) is 5. The Morgan fingerprint density at radius 1 is 1.26 bits per heavy atom. The highest BCUT2D eigenvalue weighted by Gasteiger charge is 2.13. The Morgan fingerprint density at radius 3 is 2.74 bits per heavy atom. The number of fused-ring (bicyclic) bond motifs is 1. The molecule has 0 aliphatic heterocycles. The summed E-state index contributed by atoms with van der Waals surface area (Å²) in [6.07, 6.45) is 1.32. The van der Waals surface area contributed by atoms with Crippen LogP contribution in [0.2, 0.25) is 0 Å². The maximum absolute atomic E-state index is 13.6. The Bertz CT molecular complexity index is 836. The van der Waals surface area contributed by atoms with Crippen LogP contribution in [0.15, 0.2) is 29.2 Å². The van der Waals surface area contributed by atoms with Crippen molar-refractivity contribution < 1.29 is 4.39 Å². The van der Waals surface area contributed by atoms with Crippen LogP contribution in [0.4, 0.5) is 4.39 Å². The molecule has 2 heterocycles. The SMILES string of the molecule is Cc1nc(-n2ncc3c(F)cccc3c2=O)n(C)n1.